The predicted molar refractivity (Wildman–Crippen MR) is 93.1 cm³/mol. The molecule has 0 aliphatic rings. The van der Waals surface area contributed by atoms with E-state index in [1.165, 1.54) is 13.2 Å². The zero-order valence-electron chi connectivity index (χ0n) is 12.3. The Labute approximate surface area is 147 Å². The molecule has 0 saturated carbocycles. The number of carboxylic acid groups (broad SMARTS) is 1. The third-order valence-electron chi connectivity index (χ3n) is 3.00. The van der Waals surface area contributed by atoms with Gasteiger partial charge in [0.15, 0.2) is 11.5 Å². The van der Waals surface area contributed by atoms with Crippen molar-refractivity contribution in [1.82, 2.24) is 0 Å². The molecule has 0 saturated heterocycles. The Hall–Kier alpha value is -1.98. The highest BCUT2D eigenvalue weighted by atomic mass is 79.9. The number of carboxylic acids is 1. The van der Waals surface area contributed by atoms with Gasteiger partial charge in [-0.3, -0.25) is 0 Å². The highest BCUT2D eigenvalue weighted by Crippen LogP contribution is 2.36. The second-order valence-electron chi connectivity index (χ2n) is 4.58. The molecule has 120 valence electrons. The SMILES string of the molecule is COc1cc(Br)cc(C=CC(=O)O)c1OCc1ccccc1Cl. The van der Waals surface area contributed by atoms with Crippen molar-refractivity contribution in [2.24, 2.45) is 0 Å². The van der Waals surface area contributed by atoms with Gasteiger partial charge in [-0.1, -0.05) is 45.7 Å². The van der Waals surface area contributed by atoms with E-state index >= 15 is 0 Å². The van der Waals surface area contributed by atoms with Crippen LogP contribution in [0.4, 0.5) is 0 Å². The quantitative estimate of drug-likeness (QED) is 0.712. The van der Waals surface area contributed by atoms with E-state index in [0.29, 0.717) is 22.1 Å². The summed E-state index contributed by atoms with van der Waals surface area (Å²) in [5.41, 5.74) is 1.41. The lowest BCUT2D eigenvalue weighted by atomic mass is 10.1. The third kappa shape index (κ3) is 4.74. The molecule has 2 rings (SSSR count). The van der Waals surface area contributed by atoms with Gasteiger partial charge in [-0.2, -0.15) is 0 Å². The minimum atomic E-state index is -1.04. The van der Waals surface area contributed by atoms with E-state index < -0.39 is 5.97 Å². The summed E-state index contributed by atoms with van der Waals surface area (Å²) in [6.07, 6.45) is 2.50. The average Bonchev–Trinajstić information content (AvgIpc) is 2.52. The fourth-order valence-corrected chi connectivity index (χ4v) is 2.59. The van der Waals surface area contributed by atoms with Crippen LogP contribution in [0.1, 0.15) is 11.1 Å². The van der Waals surface area contributed by atoms with Crippen LogP contribution in [0.2, 0.25) is 5.02 Å². The fraction of sp³-hybridized carbons (Fsp3) is 0.118. The van der Waals surface area contributed by atoms with E-state index in [9.17, 15) is 4.79 Å². The van der Waals surface area contributed by atoms with Gasteiger partial charge >= 0.3 is 5.97 Å². The first kappa shape index (κ1) is 17.4. The number of aliphatic carboxylic acids is 1. The Morgan fingerprint density at radius 1 is 1.35 bits per heavy atom. The maximum absolute atomic E-state index is 10.8. The van der Waals surface area contributed by atoms with Gasteiger partial charge in [0.2, 0.25) is 0 Å². The molecule has 6 heteroatoms. The molecule has 2 aromatic carbocycles. The smallest absolute Gasteiger partial charge is 0.328 e. The topological polar surface area (TPSA) is 55.8 Å². The van der Waals surface area contributed by atoms with Crippen LogP contribution in [0, 0.1) is 0 Å². The highest BCUT2D eigenvalue weighted by molar-refractivity contribution is 9.10. The van der Waals surface area contributed by atoms with Crippen LogP contribution in [0.3, 0.4) is 0 Å². The monoisotopic (exact) mass is 396 g/mol. The normalized spacial score (nSPS) is 10.7. The fourth-order valence-electron chi connectivity index (χ4n) is 1.95. The van der Waals surface area contributed by atoms with E-state index in [1.807, 2.05) is 18.2 Å². The van der Waals surface area contributed by atoms with Crippen molar-refractivity contribution in [2.45, 2.75) is 6.61 Å². The highest BCUT2D eigenvalue weighted by Gasteiger charge is 2.12. The van der Waals surface area contributed by atoms with Gasteiger partial charge in [0, 0.05) is 26.7 Å². The lowest BCUT2D eigenvalue weighted by Gasteiger charge is -2.15. The van der Waals surface area contributed by atoms with Crippen molar-refractivity contribution in [2.75, 3.05) is 7.11 Å². The molecule has 0 unspecified atom stereocenters. The van der Waals surface area contributed by atoms with Crippen LogP contribution in [-0.4, -0.2) is 18.2 Å². The summed E-state index contributed by atoms with van der Waals surface area (Å²) in [4.78, 5) is 10.8. The van der Waals surface area contributed by atoms with Gasteiger partial charge in [-0.25, -0.2) is 4.79 Å². The summed E-state index contributed by atoms with van der Waals surface area (Å²) in [6.45, 7) is 0.242. The van der Waals surface area contributed by atoms with E-state index in [-0.39, 0.29) is 6.61 Å². The summed E-state index contributed by atoms with van der Waals surface area (Å²) < 4.78 is 11.9. The number of carbonyl (C=O) groups is 1. The van der Waals surface area contributed by atoms with Gasteiger partial charge in [0.05, 0.1) is 7.11 Å². The molecule has 0 radical (unpaired) electrons. The average molecular weight is 398 g/mol. The molecule has 0 spiro atoms. The lowest BCUT2D eigenvalue weighted by molar-refractivity contribution is -0.131. The van der Waals surface area contributed by atoms with Crippen molar-refractivity contribution in [3.05, 3.63) is 63.1 Å². The molecule has 0 atom stereocenters. The molecule has 23 heavy (non-hydrogen) atoms. The number of rotatable bonds is 6. The van der Waals surface area contributed by atoms with Crippen LogP contribution in [0.5, 0.6) is 11.5 Å². The minimum absolute atomic E-state index is 0.242. The number of hydrogen-bond acceptors (Lipinski definition) is 3. The summed E-state index contributed by atoms with van der Waals surface area (Å²) in [6, 6.07) is 10.9. The van der Waals surface area contributed by atoms with E-state index in [4.69, 9.17) is 26.2 Å². The second-order valence-corrected chi connectivity index (χ2v) is 5.90. The van der Waals surface area contributed by atoms with Gasteiger partial charge < -0.3 is 14.6 Å². The lowest BCUT2D eigenvalue weighted by Crippen LogP contribution is -2.00. The Kier molecular flexibility index (Phi) is 6.07. The molecule has 0 aliphatic heterocycles. The molecular weight excluding hydrogens is 384 g/mol. The van der Waals surface area contributed by atoms with Crippen molar-refractivity contribution >= 4 is 39.6 Å². The number of benzene rings is 2. The van der Waals surface area contributed by atoms with Gasteiger partial charge in [-0.15, -0.1) is 0 Å². The first-order valence-electron chi connectivity index (χ1n) is 6.66. The van der Waals surface area contributed by atoms with E-state index in [2.05, 4.69) is 15.9 Å². The summed E-state index contributed by atoms with van der Waals surface area (Å²) in [7, 11) is 1.52. The molecule has 0 bridgehead atoms. The second kappa shape index (κ2) is 8.04. The van der Waals surface area contributed by atoms with Crippen LogP contribution in [0.15, 0.2) is 46.9 Å². The zero-order chi connectivity index (χ0) is 16.8. The summed E-state index contributed by atoms with van der Waals surface area (Å²) >= 11 is 9.49. The number of halogens is 2. The maximum Gasteiger partial charge on any atom is 0.328 e. The van der Waals surface area contributed by atoms with Gasteiger partial charge in [0.25, 0.3) is 0 Å². The summed E-state index contributed by atoms with van der Waals surface area (Å²) in [5.74, 6) is -0.0921. The Balaban J connectivity index is 2.35. The van der Waals surface area contributed by atoms with Crippen LogP contribution in [-0.2, 0) is 11.4 Å². The zero-order valence-corrected chi connectivity index (χ0v) is 14.6. The molecule has 0 amide bonds. The van der Waals surface area contributed by atoms with Crippen LogP contribution in [0.25, 0.3) is 6.08 Å². The van der Waals surface area contributed by atoms with Crippen LogP contribution >= 0.6 is 27.5 Å². The first-order chi connectivity index (χ1) is 11.0. The molecule has 4 nitrogen and oxygen atoms in total. The Morgan fingerprint density at radius 3 is 2.74 bits per heavy atom. The maximum atomic E-state index is 10.8. The standard InChI is InChI=1S/C17H14BrClO4/c1-22-15-9-13(18)8-11(6-7-16(20)21)17(15)23-10-12-4-2-3-5-14(12)19/h2-9H,10H2,1H3,(H,20,21). The number of methoxy groups -OCH3 is 1. The Bertz CT molecular complexity index is 743. The van der Waals surface area contributed by atoms with E-state index in [0.717, 1.165) is 16.1 Å². The molecule has 0 heterocycles. The largest absolute Gasteiger partial charge is 0.493 e. The predicted octanol–water partition coefficient (Wildman–Crippen LogP) is 4.79. The van der Waals surface area contributed by atoms with Crippen LogP contribution < -0.4 is 9.47 Å². The van der Waals surface area contributed by atoms with Crippen molar-refractivity contribution in [1.29, 1.82) is 0 Å². The van der Waals surface area contributed by atoms with E-state index in [1.54, 1.807) is 18.2 Å². The molecule has 0 fully saturated rings. The molecule has 0 aliphatic carbocycles. The number of hydrogen-bond donors (Lipinski definition) is 1. The van der Waals surface area contributed by atoms with Crippen molar-refractivity contribution in [3.8, 4) is 11.5 Å². The third-order valence-corrected chi connectivity index (χ3v) is 3.83. The van der Waals surface area contributed by atoms with Gasteiger partial charge in [0.1, 0.15) is 6.61 Å². The molecule has 2 aromatic rings. The molecule has 0 aromatic heterocycles. The van der Waals surface area contributed by atoms with Gasteiger partial charge in [-0.05, 0) is 24.3 Å². The summed E-state index contributed by atoms with van der Waals surface area (Å²) in [5, 5.41) is 9.42. The number of ether oxygens (including phenoxy) is 2. The minimum Gasteiger partial charge on any atom is -0.493 e. The molecular formula is C17H14BrClO4. The molecule has 1 N–H and O–H groups in total. The van der Waals surface area contributed by atoms with Crippen molar-refractivity contribution < 1.29 is 19.4 Å². The Morgan fingerprint density at radius 2 is 2.09 bits per heavy atom. The first-order valence-corrected chi connectivity index (χ1v) is 7.83. The van der Waals surface area contributed by atoms with Crippen molar-refractivity contribution in [3.63, 3.8) is 0 Å².